The molecule has 2 aliphatic rings. The second-order valence-electron chi connectivity index (χ2n) is 14.0. The van der Waals surface area contributed by atoms with Crippen LogP contribution >= 0.6 is 0 Å². The molecule has 1 unspecified atom stereocenters. The largest absolute Gasteiger partial charge is 0.314 e. The zero-order chi connectivity index (χ0) is 35.4. The van der Waals surface area contributed by atoms with Crippen molar-refractivity contribution in [3.05, 3.63) is 222 Å². The molecule has 0 aliphatic heterocycles. The van der Waals surface area contributed by atoms with E-state index in [1.54, 1.807) is 0 Å². The van der Waals surface area contributed by atoms with Crippen molar-refractivity contribution in [2.24, 2.45) is 0 Å². The summed E-state index contributed by atoms with van der Waals surface area (Å²) in [4.78, 5) is 2.50. The standard InChI is InChI=1S/C52H41N/c1-4-13-38(14-5-1)40-23-25-42(26-24-40)43-31-33-47(34-32-43)53(52-22-12-20-44-19-10-11-21-50(44)52)48-35-36-49(51(37-48)45-17-8-3-9-18-45)46-29-27-41(28-30-46)39-15-6-2-7-16-39/h1-11,13-21,23-27,29-37,41H,12,22,28H2. The highest BCUT2D eigenvalue weighted by Gasteiger charge is 2.21. The van der Waals surface area contributed by atoms with Gasteiger partial charge < -0.3 is 4.90 Å². The second kappa shape index (κ2) is 14.7. The van der Waals surface area contributed by atoms with Gasteiger partial charge in [-0.2, -0.15) is 0 Å². The Morgan fingerprint density at radius 2 is 1.02 bits per heavy atom. The number of fused-ring (bicyclic) bond motifs is 1. The van der Waals surface area contributed by atoms with Gasteiger partial charge >= 0.3 is 0 Å². The molecule has 53 heavy (non-hydrogen) atoms. The Balaban J connectivity index is 1.13. The van der Waals surface area contributed by atoms with Crippen LogP contribution in [0.2, 0.25) is 0 Å². The van der Waals surface area contributed by atoms with Gasteiger partial charge in [0.2, 0.25) is 0 Å². The van der Waals surface area contributed by atoms with Crippen molar-refractivity contribution in [2.45, 2.75) is 25.2 Å². The Hall–Kier alpha value is -6.44. The highest BCUT2D eigenvalue weighted by molar-refractivity contribution is 5.91. The van der Waals surface area contributed by atoms with Crippen LogP contribution in [0.15, 0.2) is 200 Å². The van der Waals surface area contributed by atoms with Crippen LogP contribution in [0.5, 0.6) is 0 Å². The zero-order valence-corrected chi connectivity index (χ0v) is 29.8. The van der Waals surface area contributed by atoms with Gasteiger partial charge in [-0.15, -0.1) is 0 Å². The molecule has 0 saturated carbocycles. The van der Waals surface area contributed by atoms with Gasteiger partial charge in [-0.25, -0.2) is 0 Å². The van der Waals surface area contributed by atoms with E-state index in [1.807, 2.05) is 0 Å². The molecule has 1 nitrogen and oxygen atoms in total. The van der Waals surface area contributed by atoms with Gasteiger partial charge in [-0.1, -0.05) is 182 Å². The average Bonchev–Trinajstić information content (AvgIpc) is 3.25. The fraction of sp³-hybridized carbons (Fsp3) is 0.0769. The molecule has 0 fully saturated rings. The highest BCUT2D eigenvalue weighted by atomic mass is 15.1. The van der Waals surface area contributed by atoms with Crippen LogP contribution in [-0.2, 0) is 0 Å². The molecule has 0 N–H and O–H groups in total. The maximum Gasteiger partial charge on any atom is 0.0465 e. The topological polar surface area (TPSA) is 3.24 Å². The normalized spacial score (nSPS) is 14.9. The summed E-state index contributed by atoms with van der Waals surface area (Å²) >= 11 is 0. The SMILES string of the molecule is C1=CC(c2ccccc2)CC=C1c1ccc(N(C2=c3ccccc3=CCC2)c2ccc(-c3ccc(-c4ccccc4)cc3)cc2)cc1-c1ccccc1. The average molecular weight is 680 g/mol. The van der Waals surface area contributed by atoms with E-state index in [9.17, 15) is 0 Å². The summed E-state index contributed by atoms with van der Waals surface area (Å²) in [5, 5.41) is 2.61. The number of hydrogen-bond acceptors (Lipinski definition) is 1. The first-order valence-electron chi connectivity index (χ1n) is 18.8. The maximum atomic E-state index is 2.50. The van der Waals surface area contributed by atoms with Crippen LogP contribution in [0.25, 0.3) is 50.7 Å². The maximum absolute atomic E-state index is 2.50. The predicted molar refractivity (Wildman–Crippen MR) is 225 cm³/mol. The Kier molecular flexibility index (Phi) is 8.98. The molecule has 0 spiro atoms. The van der Waals surface area contributed by atoms with Crippen LogP contribution in [0.4, 0.5) is 11.4 Å². The Morgan fingerprint density at radius 1 is 0.453 bits per heavy atom. The Bertz CT molecular complexity index is 2540. The molecule has 0 bridgehead atoms. The third-order valence-corrected chi connectivity index (χ3v) is 10.7. The number of anilines is 2. The number of nitrogens with zero attached hydrogens (tertiary/aromatic N) is 1. The molecule has 0 aromatic heterocycles. The predicted octanol–water partition coefficient (Wildman–Crippen LogP) is 12.3. The fourth-order valence-corrected chi connectivity index (χ4v) is 7.97. The molecule has 0 radical (unpaired) electrons. The van der Waals surface area contributed by atoms with E-state index in [-0.39, 0.29) is 0 Å². The number of allylic oxidation sites excluding steroid dienone is 4. The van der Waals surface area contributed by atoms with Crippen LogP contribution in [0, 0.1) is 0 Å². The first-order valence-corrected chi connectivity index (χ1v) is 18.8. The first-order chi connectivity index (χ1) is 26.3. The Labute approximate surface area is 312 Å². The molecule has 1 atom stereocenters. The summed E-state index contributed by atoms with van der Waals surface area (Å²) in [7, 11) is 0. The molecule has 0 saturated heterocycles. The van der Waals surface area contributed by atoms with Crippen molar-refractivity contribution in [3.63, 3.8) is 0 Å². The van der Waals surface area contributed by atoms with Crippen molar-refractivity contribution in [2.75, 3.05) is 4.90 Å². The van der Waals surface area contributed by atoms with Gasteiger partial charge in [0, 0.05) is 28.2 Å². The van der Waals surface area contributed by atoms with Gasteiger partial charge in [0.25, 0.3) is 0 Å². The minimum atomic E-state index is 0.402. The van der Waals surface area contributed by atoms with E-state index in [0.717, 1.165) is 24.9 Å². The lowest BCUT2D eigenvalue weighted by Crippen LogP contribution is -2.34. The third-order valence-electron chi connectivity index (χ3n) is 10.7. The highest BCUT2D eigenvalue weighted by Crippen LogP contribution is 2.41. The van der Waals surface area contributed by atoms with Crippen LogP contribution in [0.3, 0.4) is 0 Å². The van der Waals surface area contributed by atoms with Gasteiger partial charge in [0.1, 0.15) is 0 Å². The molecule has 0 amide bonds. The lowest BCUT2D eigenvalue weighted by atomic mass is 9.86. The molecule has 2 aliphatic carbocycles. The van der Waals surface area contributed by atoms with Crippen molar-refractivity contribution >= 4 is 28.7 Å². The number of benzene rings is 7. The van der Waals surface area contributed by atoms with Gasteiger partial charge in [-0.05, 0) is 98.8 Å². The molecule has 7 aromatic rings. The van der Waals surface area contributed by atoms with Crippen molar-refractivity contribution < 1.29 is 0 Å². The lowest BCUT2D eigenvalue weighted by Gasteiger charge is -2.30. The van der Waals surface area contributed by atoms with Crippen molar-refractivity contribution in [1.82, 2.24) is 0 Å². The minimum Gasteiger partial charge on any atom is -0.314 e. The summed E-state index contributed by atoms with van der Waals surface area (Å²) in [6, 6.07) is 66.3. The summed E-state index contributed by atoms with van der Waals surface area (Å²) in [5.41, 5.74) is 14.9. The second-order valence-corrected chi connectivity index (χ2v) is 14.0. The number of rotatable bonds is 8. The molecule has 1 heteroatoms. The molecule has 7 aromatic carbocycles. The summed E-state index contributed by atoms with van der Waals surface area (Å²) < 4.78 is 0. The molecular formula is C52H41N. The van der Waals surface area contributed by atoms with Gasteiger partial charge in [-0.3, -0.25) is 0 Å². The number of hydrogen-bond donors (Lipinski definition) is 0. The molecule has 0 heterocycles. The Morgan fingerprint density at radius 3 is 1.68 bits per heavy atom. The quantitative estimate of drug-likeness (QED) is 0.155. The van der Waals surface area contributed by atoms with E-state index in [0.29, 0.717) is 5.92 Å². The van der Waals surface area contributed by atoms with E-state index in [1.165, 1.54) is 71.9 Å². The van der Waals surface area contributed by atoms with E-state index in [2.05, 4.69) is 211 Å². The van der Waals surface area contributed by atoms with Gasteiger partial charge in [0.15, 0.2) is 0 Å². The fourth-order valence-electron chi connectivity index (χ4n) is 7.97. The van der Waals surface area contributed by atoms with E-state index < -0.39 is 0 Å². The summed E-state index contributed by atoms with van der Waals surface area (Å²) in [6.45, 7) is 0. The smallest absolute Gasteiger partial charge is 0.0465 e. The first kappa shape index (κ1) is 32.5. The van der Waals surface area contributed by atoms with Crippen molar-refractivity contribution in [3.8, 4) is 33.4 Å². The van der Waals surface area contributed by atoms with E-state index >= 15 is 0 Å². The zero-order valence-electron chi connectivity index (χ0n) is 29.8. The van der Waals surface area contributed by atoms with Crippen LogP contribution < -0.4 is 15.3 Å². The third kappa shape index (κ3) is 6.70. The lowest BCUT2D eigenvalue weighted by molar-refractivity contribution is 0.857. The monoisotopic (exact) mass is 679 g/mol. The molecule has 9 rings (SSSR count). The minimum absolute atomic E-state index is 0.402. The van der Waals surface area contributed by atoms with E-state index in [4.69, 9.17) is 0 Å². The van der Waals surface area contributed by atoms with Crippen LogP contribution in [0.1, 0.15) is 36.3 Å². The van der Waals surface area contributed by atoms with Gasteiger partial charge in [0.05, 0.1) is 0 Å². The van der Waals surface area contributed by atoms with Crippen molar-refractivity contribution in [1.29, 1.82) is 0 Å². The van der Waals surface area contributed by atoms with Crippen LogP contribution in [-0.4, -0.2) is 0 Å². The summed E-state index contributed by atoms with van der Waals surface area (Å²) in [5.74, 6) is 0.402. The molecular weight excluding hydrogens is 639 g/mol. The summed E-state index contributed by atoms with van der Waals surface area (Å²) in [6.07, 6.45) is 12.5. The molecule has 254 valence electrons.